The Labute approximate surface area is 158 Å². The number of rotatable bonds is 10. The Bertz CT molecular complexity index is 540. The van der Waals surface area contributed by atoms with Gasteiger partial charge in [0.1, 0.15) is 5.75 Å². The molecule has 1 N–H and O–H groups in total. The van der Waals surface area contributed by atoms with E-state index in [0.29, 0.717) is 13.2 Å². The SMILES string of the molecule is CCOCCCNC(=O)C1CCN(Cc2ccccc2OC(C)C)CC1. The van der Waals surface area contributed by atoms with E-state index in [0.717, 1.165) is 51.3 Å². The summed E-state index contributed by atoms with van der Waals surface area (Å²) in [5.74, 6) is 1.31. The molecule has 0 radical (unpaired) electrons. The summed E-state index contributed by atoms with van der Waals surface area (Å²) in [6.07, 6.45) is 2.90. The van der Waals surface area contributed by atoms with Gasteiger partial charge in [-0.2, -0.15) is 0 Å². The molecule has 5 heteroatoms. The highest BCUT2D eigenvalue weighted by atomic mass is 16.5. The Morgan fingerprint density at radius 3 is 2.69 bits per heavy atom. The molecule has 0 aliphatic carbocycles. The Balaban J connectivity index is 1.74. The van der Waals surface area contributed by atoms with Crippen LogP contribution >= 0.6 is 0 Å². The normalized spacial score (nSPS) is 16.0. The number of piperidine rings is 1. The van der Waals surface area contributed by atoms with Crippen LogP contribution in [-0.4, -0.2) is 49.8 Å². The largest absolute Gasteiger partial charge is 0.491 e. The van der Waals surface area contributed by atoms with Crippen molar-refractivity contribution in [1.29, 1.82) is 0 Å². The van der Waals surface area contributed by atoms with E-state index in [2.05, 4.69) is 36.2 Å². The van der Waals surface area contributed by atoms with E-state index in [4.69, 9.17) is 9.47 Å². The Kier molecular flexibility index (Phi) is 8.92. The molecule has 0 bridgehead atoms. The Hall–Kier alpha value is -1.59. The maximum absolute atomic E-state index is 12.3. The minimum absolute atomic E-state index is 0.139. The summed E-state index contributed by atoms with van der Waals surface area (Å²) in [6.45, 7) is 11.0. The van der Waals surface area contributed by atoms with Gasteiger partial charge in [0.05, 0.1) is 6.10 Å². The van der Waals surface area contributed by atoms with Gasteiger partial charge in [-0.15, -0.1) is 0 Å². The molecular weight excluding hydrogens is 328 g/mol. The second kappa shape index (κ2) is 11.2. The van der Waals surface area contributed by atoms with Gasteiger partial charge >= 0.3 is 0 Å². The molecule has 1 aliphatic rings. The molecule has 5 nitrogen and oxygen atoms in total. The molecule has 1 aromatic carbocycles. The second-order valence-corrected chi connectivity index (χ2v) is 7.17. The maximum Gasteiger partial charge on any atom is 0.223 e. The van der Waals surface area contributed by atoms with Crippen molar-refractivity contribution in [3.05, 3.63) is 29.8 Å². The van der Waals surface area contributed by atoms with E-state index in [1.807, 2.05) is 19.1 Å². The molecule has 0 aromatic heterocycles. The first-order valence-electron chi connectivity index (χ1n) is 9.92. The fourth-order valence-corrected chi connectivity index (χ4v) is 3.27. The van der Waals surface area contributed by atoms with Gasteiger partial charge in [-0.25, -0.2) is 0 Å². The number of carbonyl (C=O) groups excluding carboxylic acids is 1. The molecule has 1 amide bonds. The average molecular weight is 363 g/mol. The van der Waals surface area contributed by atoms with Gasteiger partial charge in [-0.3, -0.25) is 9.69 Å². The Morgan fingerprint density at radius 1 is 1.27 bits per heavy atom. The molecule has 2 rings (SSSR count). The van der Waals surface area contributed by atoms with Gasteiger partial charge in [0, 0.05) is 37.8 Å². The fraction of sp³-hybridized carbons (Fsp3) is 0.667. The van der Waals surface area contributed by atoms with Crippen molar-refractivity contribution in [1.82, 2.24) is 10.2 Å². The number of benzene rings is 1. The van der Waals surface area contributed by atoms with Crippen molar-refractivity contribution >= 4 is 5.91 Å². The summed E-state index contributed by atoms with van der Waals surface area (Å²) in [5.41, 5.74) is 1.22. The zero-order valence-electron chi connectivity index (χ0n) is 16.5. The number of nitrogens with zero attached hydrogens (tertiary/aromatic N) is 1. The molecule has 1 fully saturated rings. The van der Waals surface area contributed by atoms with Crippen LogP contribution in [0, 0.1) is 5.92 Å². The number of likely N-dealkylation sites (tertiary alicyclic amines) is 1. The van der Waals surface area contributed by atoms with Crippen molar-refractivity contribution < 1.29 is 14.3 Å². The van der Waals surface area contributed by atoms with Gasteiger partial charge in [-0.05, 0) is 59.2 Å². The molecule has 26 heavy (non-hydrogen) atoms. The smallest absolute Gasteiger partial charge is 0.223 e. The summed E-state index contributed by atoms with van der Waals surface area (Å²) in [7, 11) is 0. The highest BCUT2D eigenvalue weighted by molar-refractivity contribution is 5.78. The molecule has 1 saturated heterocycles. The summed E-state index contributed by atoms with van der Waals surface area (Å²) in [6, 6.07) is 8.25. The Morgan fingerprint density at radius 2 is 2.00 bits per heavy atom. The van der Waals surface area contributed by atoms with Crippen molar-refractivity contribution in [3.8, 4) is 5.75 Å². The number of hydrogen-bond acceptors (Lipinski definition) is 4. The molecule has 1 heterocycles. The molecule has 0 saturated carbocycles. The number of para-hydroxylation sites is 1. The lowest BCUT2D eigenvalue weighted by molar-refractivity contribution is -0.126. The first-order chi connectivity index (χ1) is 12.6. The number of ether oxygens (including phenoxy) is 2. The summed E-state index contributed by atoms with van der Waals surface area (Å²) in [5, 5.41) is 3.05. The quantitative estimate of drug-likeness (QED) is 0.649. The lowest BCUT2D eigenvalue weighted by Gasteiger charge is -2.31. The van der Waals surface area contributed by atoms with E-state index in [9.17, 15) is 4.79 Å². The van der Waals surface area contributed by atoms with Gasteiger partial charge in [0.2, 0.25) is 5.91 Å². The third kappa shape index (κ3) is 6.96. The lowest BCUT2D eigenvalue weighted by Crippen LogP contribution is -2.40. The highest BCUT2D eigenvalue weighted by Crippen LogP contribution is 2.24. The van der Waals surface area contributed by atoms with Crippen LogP contribution in [0.4, 0.5) is 0 Å². The fourth-order valence-electron chi connectivity index (χ4n) is 3.27. The first kappa shape index (κ1) is 20.7. The first-order valence-corrected chi connectivity index (χ1v) is 9.92. The van der Waals surface area contributed by atoms with Crippen molar-refractivity contribution in [2.24, 2.45) is 5.92 Å². The van der Waals surface area contributed by atoms with Crippen LogP contribution in [0.2, 0.25) is 0 Å². The van der Waals surface area contributed by atoms with Gasteiger partial charge in [0.15, 0.2) is 0 Å². The minimum Gasteiger partial charge on any atom is -0.491 e. The third-order valence-electron chi connectivity index (χ3n) is 4.66. The van der Waals surface area contributed by atoms with E-state index in [1.165, 1.54) is 5.56 Å². The zero-order valence-corrected chi connectivity index (χ0v) is 16.5. The standard InChI is InChI=1S/C21H34N2O3/c1-4-25-15-7-12-22-21(24)18-10-13-23(14-11-18)16-19-8-5-6-9-20(19)26-17(2)3/h5-6,8-9,17-18H,4,7,10-16H2,1-3H3,(H,22,24). The molecular formula is C21H34N2O3. The number of carbonyl (C=O) groups is 1. The van der Waals surface area contributed by atoms with Crippen LogP contribution < -0.4 is 10.1 Å². The zero-order chi connectivity index (χ0) is 18.8. The van der Waals surface area contributed by atoms with Gasteiger partial charge in [-0.1, -0.05) is 18.2 Å². The van der Waals surface area contributed by atoms with Crippen LogP contribution in [0.25, 0.3) is 0 Å². The number of hydrogen-bond donors (Lipinski definition) is 1. The monoisotopic (exact) mass is 362 g/mol. The highest BCUT2D eigenvalue weighted by Gasteiger charge is 2.25. The second-order valence-electron chi connectivity index (χ2n) is 7.17. The molecule has 0 spiro atoms. The predicted molar refractivity (Wildman–Crippen MR) is 104 cm³/mol. The lowest BCUT2D eigenvalue weighted by atomic mass is 9.95. The molecule has 146 valence electrons. The van der Waals surface area contributed by atoms with E-state index in [-0.39, 0.29) is 17.9 Å². The predicted octanol–water partition coefficient (Wildman–Crippen LogP) is 3.23. The van der Waals surface area contributed by atoms with E-state index >= 15 is 0 Å². The van der Waals surface area contributed by atoms with E-state index < -0.39 is 0 Å². The van der Waals surface area contributed by atoms with Crippen LogP contribution in [0.3, 0.4) is 0 Å². The summed E-state index contributed by atoms with van der Waals surface area (Å²) >= 11 is 0. The topological polar surface area (TPSA) is 50.8 Å². The van der Waals surface area contributed by atoms with Crippen molar-refractivity contribution in [3.63, 3.8) is 0 Å². The molecule has 1 aromatic rings. The molecule has 0 atom stereocenters. The number of nitrogens with one attached hydrogen (secondary N) is 1. The van der Waals surface area contributed by atoms with Crippen LogP contribution in [0.5, 0.6) is 5.75 Å². The van der Waals surface area contributed by atoms with Gasteiger partial charge in [0.25, 0.3) is 0 Å². The third-order valence-corrected chi connectivity index (χ3v) is 4.66. The average Bonchev–Trinajstić information content (AvgIpc) is 2.63. The van der Waals surface area contributed by atoms with Crippen molar-refractivity contribution in [2.75, 3.05) is 32.8 Å². The molecule has 1 aliphatic heterocycles. The number of amides is 1. The maximum atomic E-state index is 12.3. The minimum atomic E-state index is 0.139. The van der Waals surface area contributed by atoms with Crippen LogP contribution in [0.1, 0.15) is 45.6 Å². The van der Waals surface area contributed by atoms with Gasteiger partial charge < -0.3 is 14.8 Å². The summed E-state index contributed by atoms with van der Waals surface area (Å²) in [4.78, 5) is 14.7. The van der Waals surface area contributed by atoms with Crippen LogP contribution in [-0.2, 0) is 16.1 Å². The van der Waals surface area contributed by atoms with E-state index in [1.54, 1.807) is 0 Å². The van der Waals surface area contributed by atoms with Crippen LogP contribution in [0.15, 0.2) is 24.3 Å². The van der Waals surface area contributed by atoms with Crippen molar-refractivity contribution in [2.45, 2.75) is 52.7 Å². The summed E-state index contributed by atoms with van der Waals surface area (Å²) < 4.78 is 11.2. The molecule has 0 unspecified atom stereocenters.